The molecule has 0 saturated heterocycles. The van der Waals surface area contributed by atoms with Gasteiger partial charge in [-0.3, -0.25) is 4.68 Å². The Morgan fingerprint density at radius 1 is 1.22 bits per heavy atom. The second-order valence-electron chi connectivity index (χ2n) is 6.59. The molecule has 1 heterocycles. The van der Waals surface area contributed by atoms with Gasteiger partial charge in [0.15, 0.2) is 5.82 Å². The molecule has 1 saturated carbocycles. The van der Waals surface area contributed by atoms with Gasteiger partial charge in [-0.05, 0) is 18.8 Å². The molecule has 1 atom stereocenters. The Morgan fingerprint density at radius 2 is 1.83 bits per heavy atom. The number of aromatic nitrogens is 3. The smallest absolute Gasteiger partial charge is 0.156 e. The topological polar surface area (TPSA) is 56.7 Å². The Hall–Kier alpha value is -0.900. The number of aryl methyl sites for hydroxylation is 1. The highest BCUT2D eigenvalue weighted by Crippen LogP contribution is 2.32. The number of hydrogen-bond acceptors (Lipinski definition) is 3. The lowest BCUT2D eigenvalue weighted by Gasteiger charge is -2.26. The fourth-order valence-corrected chi connectivity index (χ4v) is 2.71. The fourth-order valence-electron chi connectivity index (χ4n) is 2.71. The van der Waals surface area contributed by atoms with Crippen LogP contribution in [0.3, 0.4) is 0 Å². The standard InChI is InChI=1S/C14H26N4/c1-14(2,3)13-16-12(18(4)17-13)11(15)10-8-6-5-7-9-10/h10-11H,5-9,15H2,1-4H3. The Bertz CT molecular complexity index is 396. The zero-order valence-corrected chi connectivity index (χ0v) is 12.1. The summed E-state index contributed by atoms with van der Waals surface area (Å²) in [5.41, 5.74) is 6.39. The third kappa shape index (κ3) is 2.74. The lowest BCUT2D eigenvalue weighted by molar-refractivity contribution is 0.296. The van der Waals surface area contributed by atoms with Crippen molar-refractivity contribution in [2.45, 2.75) is 64.3 Å². The fraction of sp³-hybridized carbons (Fsp3) is 0.857. The van der Waals surface area contributed by atoms with Crippen molar-refractivity contribution in [2.24, 2.45) is 18.7 Å². The van der Waals surface area contributed by atoms with Crippen molar-refractivity contribution in [3.05, 3.63) is 11.6 Å². The van der Waals surface area contributed by atoms with Crippen molar-refractivity contribution in [2.75, 3.05) is 0 Å². The van der Waals surface area contributed by atoms with Crippen LogP contribution in [-0.2, 0) is 12.5 Å². The second-order valence-corrected chi connectivity index (χ2v) is 6.59. The van der Waals surface area contributed by atoms with Crippen LogP contribution in [0.25, 0.3) is 0 Å². The zero-order valence-electron chi connectivity index (χ0n) is 12.1. The molecule has 18 heavy (non-hydrogen) atoms. The molecule has 2 N–H and O–H groups in total. The molecule has 0 aromatic carbocycles. The third-order valence-corrected chi connectivity index (χ3v) is 3.92. The SMILES string of the molecule is Cn1nc(C(C)(C)C)nc1C(N)C1CCCCC1. The molecule has 1 unspecified atom stereocenters. The van der Waals surface area contributed by atoms with Crippen LogP contribution in [0.1, 0.15) is 70.6 Å². The molecule has 1 fully saturated rings. The molecule has 0 spiro atoms. The molecule has 1 aliphatic carbocycles. The van der Waals surface area contributed by atoms with E-state index < -0.39 is 0 Å². The zero-order chi connectivity index (χ0) is 13.3. The summed E-state index contributed by atoms with van der Waals surface area (Å²) in [5, 5.41) is 4.52. The van der Waals surface area contributed by atoms with Crippen LogP contribution in [0, 0.1) is 5.92 Å². The van der Waals surface area contributed by atoms with Gasteiger partial charge in [-0.15, -0.1) is 0 Å². The summed E-state index contributed by atoms with van der Waals surface area (Å²) in [6.45, 7) is 6.41. The van der Waals surface area contributed by atoms with Gasteiger partial charge in [0.25, 0.3) is 0 Å². The van der Waals surface area contributed by atoms with E-state index in [2.05, 4.69) is 30.9 Å². The molecule has 2 rings (SSSR count). The van der Waals surface area contributed by atoms with Crippen LogP contribution in [0.4, 0.5) is 0 Å². The molecule has 4 heteroatoms. The van der Waals surface area contributed by atoms with Crippen molar-refractivity contribution < 1.29 is 0 Å². The second kappa shape index (κ2) is 5.00. The Balaban J connectivity index is 2.19. The summed E-state index contributed by atoms with van der Waals surface area (Å²) < 4.78 is 1.87. The first-order valence-electron chi connectivity index (χ1n) is 7.06. The van der Waals surface area contributed by atoms with E-state index in [1.54, 1.807) is 0 Å². The molecule has 1 aromatic rings. The van der Waals surface area contributed by atoms with E-state index in [0.717, 1.165) is 11.6 Å². The highest BCUT2D eigenvalue weighted by atomic mass is 15.3. The van der Waals surface area contributed by atoms with E-state index in [0.29, 0.717) is 5.92 Å². The van der Waals surface area contributed by atoms with E-state index in [4.69, 9.17) is 5.73 Å². The highest BCUT2D eigenvalue weighted by molar-refractivity contribution is 5.07. The Labute approximate surface area is 110 Å². The van der Waals surface area contributed by atoms with Gasteiger partial charge < -0.3 is 5.73 Å². The molecule has 0 amide bonds. The molecule has 0 bridgehead atoms. The van der Waals surface area contributed by atoms with Crippen molar-refractivity contribution >= 4 is 0 Å². The molecule has 4 nitrogen and oxygen atoms in total. The first-order chi connectivity index (χ1) is 8.39. The maximum atomic E-state index is 6.40. The van der Waals surface area contributed by atoms with Gasteiger partial charge in [-0.2, -0.15) is 5.10 Å². The summed E-state index contributed by atoms with van der Waals surface area (Å²) in [5.74, 6) is 2.42. The van der Waals surface area contributed by atoms with Crippen LogP contribution in [0.2, 0.25) is 0 Å². The lowest BCUT2D eigenvalue weighted by Crippen LogP contribution is -2.26. The predicted molar refractivity (Wildman–Crippen MR) is 73.2 cm³/mol. The Morgan fingerprint density at radius 3 is 2.33 bits per heavy atom. The monoisotopic (exact) mass is 250 g/mol. The molecule has 1 aliphatic rings. The number of nitrogens with zero attached hydrogens (tertiary/aromatic N) is 3. The van der Waals surface area contributed by atoms with E-state index in [1.165, 1.54) is 32.1 Å². The van der Waals surface area contributed by atoms with E-state index >= 15 is 0 Å². The third-order valence-electron chi connectivity index (χ3n) is 3.92. The van der Waals surface area contributed by atoms with Gasteiger partial charge in [0.05, 0.1) is 6.04 Å². The summed E-state index contributed by atoms with van der Waals surface area (Å²) in [4.78, 5) is 4.68. The minimum absolute atomic E-state index is 0.0116. The molecule has 0 aliphatic heterocycles. The molecular weight excluding hydrogens is 224 g/mol. The van der Waals surface area contributed by atoms with Gasteiger partial charge in [0, 0.05) is 12.5 Å². The molecule has 0 radical (unpaired) electrons. The minimum Gasteiger partial charge on any atom is -0.321 e. The quantitative estimate of drug-likeness (QED) is 0.878. The van der Waals surface area contributed by atoms with E-state index in [-0.39, 0.29) is 11.5 Å². The van der Waals surface area contributed by atoms with Gasteiger partial charge >= 0.3 is 0 Å². The predicted octanol–water partition coefficient (Wildman–Crippen LogP) is 2.69. The Kier molecular flexibility index (Phi) is 3.76. The van der Waals surface area contributed by atoms with Gasteiger partial charge in [0.1, 0.15) is 5.82 Å². The normalized spacial score (nSPS) is 20.1. The van der Waals surface area contributed by atoms with Gasteiger partial charge in [-0.1, -0.05) is 40.0 Å². The molecule has 1 aromatic heterocycles. The van der Waals surface area contributed by atoms with Crippen molar-refractivity contribution in [3.63, 3.8) is 0 Å². The van der Waals surface area contributed by atoms with Crippen LogP contribution < -0.4 is 5.73 Å². The first kappa shape index (κ1) is 13.5. The lowest BCUT2D eigenvalue weighted by atomic mass is 9.84. The van der Waals surface area contributed by atoms with Crippen LogP contribution in [0.5, 0.6) is 0 Å². The summed E-state index contributed by atoms with van der Waals surface area (Å²) in [6, 6.07) is 0.0406. The van der Waals surface area contributed by atoms with E-state index in [1.807, 2.05) is 11.7 Å². The molecular formula is C14H26N4. The van der Waals surface area contributed by atoms with Crippen molar-refractivity contribution in [3.8, 4) is 0 Å². The average molecular weight is 250 g/mol. The highest BCUT2D eigenvalue weighted by Gasteiger charge is 2.28. The minimum atomic E-state index is -0.0116. The first-order valence-corrected chi connectivity index (χ1v) is 7.06. The van der Waals surface area contributed by atoms with Crippen LogP contribution in [-0.4, -0.2) is 14.8 Å². The maximum absolute atomic E-state index is 6.40. The van der Waals surface area contributed by atoms with E-state index in [9.17, 15) is 0 Å². The molecule has 102 valence electrons. The maximum Gasteiger partial charge on any atom is 0.156 e. The van der Waals surface area contributed by atoms with Gasteiger partial charge in [0.2, 0.25) is 0 Å². The number of nitrogens with two attached hydrogens (primary N) is 1. The largest absolute Gasteiger partial charge is 0.321 e. The number of hydrogen-bond donors (Lipinski definition) is 1. The van der Waals surface area contributed by atoms with Crippen molar-refractivity contribution in [1.29, 1.82) is 0 Å². The average Bonchev–Trinajstić information content (AvgIpc) is 2.71. The summed E-state index contributed by atoms with van der Waals surface area (Å²) in [7, 11) is 1.96. The van der Waals surface area contributed by atoms with Gasteiger partial charge in [-0.25, -0.2) is 4.98 Å². The summed E-state index contributed by atoms with van der Waals surface area (Å²) in [6.07, 6.45) is 6.44. The van der Waals surface area contributed by atoms with Crippen molar-refractivity contribution in [1.82, 2.24) is 14.8 Å². The van der Waals surface area contributed by atoms with Crippen LogP contribution >= 0.6 is 0 Å². The number of rotatable bonds is 2. The van der Waals surface area contributed by atoms with Crippen LogP contribution in [0.15, 0.2) is 0 Å². The summed E-state index contributed by atoms with van der Waals surface area (Å²) >= 11 is 0.